The minimum atomic E-state index is 0.158. The van der Waals surface area contributed by atoms with E-state index in [0.717, 1.165) is 29.2 Å². The first-order valence-corrected chi connectivity index (χ1v) is 11.0. The molecule has 2 aliphatic rings. The smallest absolute Gasteiger partial charge is 0.150 e. The Kier molecular flexibility index (Phi) is 8.29. The van der Waals surface area contributed by atoms with Crippen LogP contribution in [0.15, 0.2) is 48.5 Å². The van der Waals surface area contributed by atoms with E-state index in [2.05, 4.69) is 24.3 Å². The summed E-state index contributed by atoms with van der Waals surface area (Å²) in [5, 5.41) is 8.94. The first-order valence-electron chi connectivity index (χ1n) is 11.0. The van der Waals surface area contributed by atoms with E-state index in [1.807, 2.05) is 24.3 Å². The van der Waals surface area contributed by atoms with Gasteiger partial charge in [-0.15, -0.1) is 0 Å². The summed E-state index contributed by atoms with van der Waals surface area (Å²) in [6.45, 7) is 0.158. The van der Waals surface area contributed by atoms with Gasteiger partial charge in [-0.2, -0.15) is 0 Å². The van der Waals surface area contributed by atoms with Crippen molar-refractivity contribution in [3.8, 4) is 0 Å². The second kappa shape index (κ2) is 11.2. The second-order valence-electron chi connectivity index (χ2n) is 8.35. The Hall–Kier alpha value is -1.93. The van der Waals surface area contributed by atoms with E-state index in [0.29, 0.717) is 0 Å². The van der Waals surface area contributed by atoms with E-state index in [1.165, 1.54) is 75.3 Å². The number of aldehydes is 1. The van der Waals surface area contributed by atoms with Gasteiger partial charge in [-0.05, 0) is 54.2 Å². The van der Waals surface area contributed by atoms with Crippen LogP contribution < -0.4 is 0 Å². The van der Waals surface area contributed by atoms with E-state index >= 15 is 0 Å². The van der Waals surface area contributed by atoms with E-state index in [4.69, 9.17) is 5.11 Å². The highest BCUT2D eigenvalue weighted by Crippen LogP contribution is 2.33. The molecule has 2 nitrogen and oxygen atoms in total. The van der Waals surface area contributed by atoms with Crippen LogP contribution in [0.3, 0.4) is 0 Å². The van der Waals surface area contributed by atoms with Gasteiger partial charge in [0.2, 0.25) is 0 Å². The van der Waals surface area contributed by atoms with E-state index in [1.54, 1.807) is 0 Å². The number of rotatable bonds is 4. The minimum absolute atomic E-state index is 0.158. The number of aliphatic hydroxyl groups is 1. The van der Waals surface area contributed by atoms with Crippen molar-refractivity contribution in [2.45, 2.75) is 82.7 Å². The summed E-state index contributed by atoms with van der Waals surface area (Å²) < 4.78 is 0. The highest BCUT2D eigenvalue weighted by Gasteiger charge is 2.15. The third-order valence-corrected chi connectivity index (χ3v) is 6.39. The molecule has 0 atom stereocenters. The molecule has 0 saturated heterocycles. The molecule has 150 valence electrons. The summed E-state index contributed by atoms with van der Waals surface area (Å²) in [5.41, 5.74) is 4.67. The number of carbonyl (C=O) groups is 1. The second-order valence-corrected chi connectivity index (χ2v) is 8.35. The third kappa shape index (κ3) is 6.04. The Balaban J connectivity index is 0.000000161. The molecule has 2 aromatic rings. The fourth-order valence-corrected chi connectivity index (χ4v) is 4.61. The van der Waals surface area contributed by atoms with Crippen LogP contribution in [0, 0.1) is 0 Å². The Morgan fingerprint density at radius 2 is 1.11 bits per heavy atom. The van der Waals surface area contributed by atoms with Gasteiger partial charge < -0.3 is 5.11 Å². The highest BCUT2D eigenvalue weighted by molar-refractivity contribution is 5.74. The summed E-state index contributed by atoms with van der Waals surface area (Å²) in [4.78, 5) is 10.5. The van der Waals surface area contributed by atoms with Crippen LogP contribution in [0.5, 0.6) is 0 Å². The van der Waals surface area contributed by atoms with Gasteiger partial charge in [0, 0.05) is 5.56 Å². The number of hydrogen-bond acceptors (Lipinski definition) is 2. The average Bonchev–Trinajstić information content (AvgIpc) is 2.81. The summed E-state index contributed by atoms with van der Waals surface area (Å²) in [5.74, 6) is 1.51. The van der Waals surface area contributed by atoms with Crippen molar-refractivity contribution in [2.24, 2.45) is 0 Å². The van der Waals surface area contributed by atoms with Gasteiger partial charge in [-0.3, -0.25) is 4.79 Å². The number of carbonyl (C=O) groups excluding carboxylic acids is 1. The lowest BCUT2D eigenvalue weighted by Gasteiger charge is -2.21. The van der Waals surface area contributed by atoms with Gasteiger partial charge in [-0.1, -0.05) is 87.1 Å². The monoisotopic (exact) mass is 378 g/mol. The van der Waals surface area contributed by atoms with Crippen LogP contribution in [0.4, 0.5) is 0 Å². The van der Waals surface area contributed by atoms with Crippen molar-refractivity contribution in [3.63, 3.8) is 0 Å². The predicted molar refractivity (Wildman–Crippen MR) is 116 cm³/mol. The predicted octanol–water partition coefficient (Wildman–Crippen LogP) is 6.77. The van der Waals surface area contributed by atoms with Crippen molar-refractivity contribution < 1.29 is 9.90 Å². The maximum absolute atomic E-state index is 10.5. The zero-order chi connectivity index (χ0) is 19.6. The lowest BCUT2D eigenvalue weighted by Crippen LogP contribution is -2.04. The maximum atomic E-state index is 10.5. The molecule has 2 heteroatoms. The molecule has 0 spiro atoms. The van der Waals surface area contributed by atoms with Crippen molar-refractivity contribution in [3.05, 3.63) is 70.8 Å². The van der Waals surface area contributed by atoms with Crippen LogP contribution in [-0.4, -0.2) is 11.4 Å². The molecule has 28 heavy (non-hydrogen) atoms. The van der Waals surface area contributed by atoms with Gasteiger partial charge in [-0.25, -0.2) is 0 Å². The molecule has 2 aliphatic carbocycles. The van der Waals surface area contributed by atoms with Crippen molar-refractivity contribution in [2.75, 3.05) is 0 Å². The van der Waals surface area contributed by atoms with Gasteiger partial charge >= 0.3 is 0 Å². The van der Waals surface area contributed by atoms with Gasteiger partial charge in [0.25, 0.3) is 0 Å². The number of hydrogen-bond donors (Lipinski definition) is 1. The number of benzene rings is 2. The molecular formula is C26H34O2. The van der Waals surface area contributed by atoms with Crippen LogP contribution in [0.25, 0.3) is 0 Å². The molecule has 0 bridgehead atoms. The molecule has 2 aromatic carbocycles. The van der Waals surface area contributed by atoms with E-state index in [-0.39, 0.29) is 6.61 Å². The summed E-state index contributed by atoms with van der Waals surface area (Å²) in [6, 6.07) is 16.5. The standard InChI is InChI=1S/C13H18O.C13H16O/c2*14-10-11-6-8-13(9-7-11)12-4-2-1-3-5-12/h6-9,12,14H,1-5,10H2;6-10,12H,1-5H2. The Morgan fingerprint density at radius 1 is 0.679 bits per heavy atom. The summed E-state index contributed by atoms with van der Waals surface area (Å²) in [6.07, 6.45) is 14.5. The van der Waals surface area contributed by atoms with Gasteiger partial charge in [0.05, 0.1) is 6.61 Å². The van der Waals surface area contributed by atoms with Crippen molar-refractivity contribution >= 4 is 6.29 Å². The minimum Gasteiger partial charge on any atom is -0.392 e. The Morgan fingerprint density at radius 3 is 1.50 bits per heavy atom. The quantitative estimate of drug-likeness (QED) is 0.596. The van der Waals surface area contributed by atoms with Crippen LogP contribution in [0.2, 0.25) is 0 Å². The molecule has 2 saturated carbocycles. The highest BCUT2D eigenvalue weighted by atomic mass is 16.3. The van der Waals surface area contributed by atoms with E-state index in [9.17, 15) is 4.79 Å². The van der Waals surface area contributed by atoms with Crippen LogP contribution in [0.1, 0.15) is 103 Å². The lowest BCUT2D eigenvalue weighted by molar-refractivity contribution is 0.112. The summed E-state index contributed by atoms with van der Waals surface area (Å²) >= 11 is 0. The molecule has 0 amide bonds. The molecule has 4 rings (SSSR count). The molecule has 0 radical (unpaired) electrons. The third-order valence-electron chi connectivity index (χ3n) is 6.39. The zero-order valence-electron chi connectivity index (χ0n) is 17.0. The molecular weight excluding hydrogens is 344 g/mol. The fraction of sp³-hybridized carbons (Fsp3) is 0.500. The SMILES string of the molecule is O=Cc1ccc(C2CCCCC2)cc1.OCc1ccc(C2CCCCC2)cc1. The number of aliphatic hydroxyl groups excluding tert-OH is 1. The molecule has 2 fully saturated rings. The first-order chi connectivity index (χ1) is 13.8. The fourth-order valence-electron chi connectivity index (χ4n) is 4.61. The largest absolute Gasteiger partial charge is 0.392 e. The van der Waals surface area contributed by atoms with Crippen LogP contribution in [-0.2, 0) is 6.61 Å². The molecule has 0 aliphatic heterocycles. The van der Waals surface area contributed by atoms with E-state index < -0.39 is 0 Å². The Bertz CT molecular complexity index is 690. The maximum Gasteiger partial charge on any atom is 0.150 e. The lowest BCUT2D eigenvalue weighted by atomic mass is 9.84. The molecule has 0 heterocycles. The topological polar surface area (TPSA) is 37.3 Å². The Labute approximate surface area is 170 Å². The first kappa shape index (κ1) is 20.8. The van der Waals surface area contributed by atoms with Gasteiger partial charge in [0.1, 0.15) is 6.29 Å². The molecule has 0 aromatic heterocycles. The zero-order valence-corrected chi connectivity index (χ0v) is 17.0. The summed E-state index contributed by atoms with van der Waals surface area (Å²) in [7, 11) is 0. The van der Waals surface area contributed by atoms with Gasteiger partial charge in [0.15, 0.2) is 0 Å². The van der Waals surface area contributed by atoms with Crippen molar-refractivity contribution in [1.82, 2.24) is 0 Å². The van der Waals surface area contributed by atoms with Crippen molar-refractivity contribution in [1.29, 1.82) is 0 Å². The molecule has 1 N–H and O–H groups in total. The van der Waals surface area contributed by atoms with Crippen LogP contribution >= 0.6 is 0 Å². The molecule has 0 unspecified atom stereocenters. The normalized spacial score (nSPS) is 18.2. The average molecular weight is 379 g/mol.